The zero-order chi connectivity index (χ0) is 18.2. The van der Waals surface area contributed by atoms with E-state index in [9.17, 15) is 9.18 Å². The highest BCUT2D eigenvalue weighted by molar-refractivity contribution is 6.09. The average molecular weight is 348 g/mol. The van der Waals surface area contributed by atoms with E-state index >= 15 is 0 Å². The van der Waals surface area contributed by atoms with Crippen molar-refractivity contribution in [3.63, 3.8) is 0 Å². The fraction of sp³-hybridized carbons (Fsp3) is 0.0500. The third-order valence-electron chi connectivity index (χ3n) is 3.50. The van der Waals surface area contributed by atoms with Crippen molar-refractivity contribution in [3.05, 3.63) is 96.1 Å². The molecule has 0 atom stereocenters. The molecular weight excluding hydrogens is 331 g/mol. The molecule has 26 heavy (non-hydrogen) atoms. The molecule has 2 N–H and O–H groups in total. The number of anilines is 1. The number of nitrogens with one attached hydrogen (secondary N) is 2. The van der Waals surface area contributed by atoms with Crippen LogP contribution in [0.3, 0.4) is 0 Å². The molecule has 3 rings (SSSR count). The number of nitrogens with zero attached hydrogens (tertiary/aromatic N) is 2. The smallest absolute Gasteiger partial charge is 0.258 e. The Labute approximate surface area is 150 Å². The van der Waals surface area contributed by atoms with Gasteiger partial charge in [0.25, 0.3) is 5.91 Å². The molecule has 2 aromatic carbocycles. The Morgan fingerprint density at radius 1 is 1.04 bits per heavy atom. The van der Waals surface area contributed by atoms with Crippen LogP contribution >= 0.6 is 0 Å². The molecule has 0 saturated heterocycles. The lowest BCUT2D eigenvalue weighted by atomic mass is 10.2. The monoisotopic (exact) mass is 348 g/mol. The van der Waals surface area contributed by atoms with Gasteiger partial charge in [-0.3, -0.25) is 15.1 Å². The highest BCUT2D eigenvalue weighted by Crippen LogP contribution is 2.07. The van der Waals surface area contributed by atoms with Crippen LogP contribution in [0.4, 0.5) is 10.1 Å². The summed E-state index contributed by atoms with van der Waals surface area (Å²) < 4.78 is 13.3. The van der Waals surface area contributed by atoms with Crippen molar-refractivity contribution in [2.75, 3.05) is 5.32 Å². The predicted octanol–water partition coefficient (Wildman–Crippen LogP) is 3.62. The van der Waals surface area contributed by atoms with E-state index in [0.717, 1.165) is 11.3 Å². The first-order chi connectivity index (χ1) is 12.7. The van der Waals surface area contributed by atoms with Gasteiger partial charge in [0.2, 0.25) is 5.96 Å². The van der Waals surface area contributed by atoms with Crippen molar-refractivity contribution >= 4 is 17.6 Å². The number of hydrogen-bond donors (Lipinski definition) is 2. The lowest BCUT2D eigenvalue weighted by Gasteiger charge is -2.12. The van der Waals surface area contributed by atoms with Crippen molar-refractivity contribution in [2.45, 2.75) is 6.54 Å². The van der Waals surface area contributed by atoms with Gasteiger partial charge in [-0.1, -0.05) is 30.3 Å². The molecule has 0 aliphatic carbocycles. The van der Waals surface area contributed by atoms with Gasteiger partial charge in [0.05, 0.1) is 6.54 Å². The number of halogens is 1. The minimum absolute atomic E-state index is 0.217. The van der Waals surface area contributed by atoms with E-state index in [1.807, 2.05) is 42.5 Å². The molecule has 0 aliphatic rings. The molecule has 6 heteroatoms. The highest BCUT2D eigenvalue weighted by Gasteiger charge is 2.10. The molecule has 0 spiro atoms. The number of carbonyl (C=O) groups excluding carboxylic acids is 1. The third kappa shape index (κ3) is 4.98. The van der Waals surface area contributed by atoms with Crippen LogP contribution in [0, 0.1) is 5.82 Å². The Balaban J connectivity index is 1.78. The van der Waals surface area contributed by atoms with E-state index in [1.165, 1.54) is 18.2 Å². The van der Waals surface area contributed by atoms with Crippen molar-refractivity contribution in [1.82, 2.24) is 10.3 Å². The van der Waals surface area contributed by atoms with Crippen molar-refractivity contribution < 1.29 is 9.18 Å². The van der Waals surface area contributed by atoms with Crippen LogP contribution in [0.5, 0.6) is 0 Å². The fourth-order valence-corrected chi connectivity index (χ4v) is 2.24. The SMILES string of the molecule is O=C(NC(=NCc1cccnc1)Nc1ccccc1)c1cccc(F)c1. The molecule has 3 aromatic rings. The normalized spacial score (nSPS) is 11.0. The Morgan fingerprint density at radius 2 is 1.88 bits per heavy atom. The molecule has 0 bridgehead atoms. The number of amides is 1. The molecule has 130 valence electrons. The van der Waals surface area contributed by atoms with Gasteiger partial charge >= 0.3 is 0 Å². The minimum atomic E-state index is -0.470. The van der Waals surface area contributed by atoms with Crippen LogP contribution in [0.1, 0.15) is 15.9 Å². The molecule has 0 saturated carbocycles. The molecule has 0 aliphatic heterocycles. The number of aliphatic imine (C=N–C) groups is 1. The fourth-order valence-electron chi connectivity index (χ4n) is 2.24. The first-order valence-electron chi connectivity index (χ1n) is 8.03. The van der Waals surface area contributed by atoms with Crippen molar-refractivity contribution in [1.29, 1.82) is 0 Å². The molecule has 0 fully saturated rings. The topological polar surface area (TPSA) is 66.4 Å². The van der Waals surface area contributed by atoms with Gasteiger partial charge in [-0.05, 0) is 42.0 Å². The van der Waals surface area contributed by atoms with E-state index in [4.69, 9.17) is 0 Å². The summed E-state index contributed by atoms with van der Waals surface area (Å²) in [5.41, 5.74) is 1.89. The van der Waals surface area contributed by atoms with Crippen LogP contribution in [0.25, 0.3) is 0 Å². The maximum absolute atomic E-state index is 13.3. The molecule has 0 radical (unpaired) electrons. The van der Waals surface area contributed by atoms with E-state index in [-0.39, 0.29) is 11.5 Å². The Morgan fingerprint density at radius 3 is 2.62 bits per heavy atom. The molecular formula is C20H17FN4O. The first kappa shape index (κ1) is 17.3. The van der Waals surface area contributed by atoms with Crippen LogP contribution in [-0.4, -0.2) is 16.9 Å². The number of carbonyl (C=O) groups is 1. The number of rotatable bonds is 4. The van der Waals surface area contributed by atoms with Gasteiger partial charge in [-0.15, -0.1) is 0 Å². The summed E-state index contributed by atoms with van der Waals surface area (Å²) in [4.78, 5) is 20.9. The van der Waals surface area contributed by atoms with Gasteiger partial charge in [0.1, 0.15) is 5.82 Å². The number of para-hydroxylation sites is 1. The Hall–Kier alpha value is -3.54. The summed E-state index contributed by atoms with van der Waals surface area (Å²) in [7, 11) is 0. The number of benzene rings is 2. The summed E-state index contributed by atoms with van der Waals surface area (Å²) in [6.07, 6.45) is 3.39. The lowest BCUT2D eigenvalue weighted by molar-refractivity contribution is 0.0976. The van der Waals surface area contributed by atoms with E-state index in [2.05, 4.69) is 20.6 Å². The summed E-state index contributed by atoms with van der Waals surface area (Å²) in [5.74, 6) is -0.644. The zero-order valence-electron chi connectivity index (χ0n) is 13.9. The Kier molecular flexibility index (Phi) is 5.67. The molecule has 5 nitrogen and oxygen atoms in total. The van der Waals surface area contributed by atoms with E-state index in [0.29, 0.717) is 6.54 Å². The summed E-state index contributed by atoms with van der Waals surface area (Å²) in [5, 5.41) is 5.76. The molecule has 1 heterocycles. The highest BCUT2D eigenvalue weighted by atomic mass is 19.1. The maximum Gasteiger partial charge on any atom is 0.258 e. The van der Waals surface area contributed by atoms with Crippen LogP contribution < -0.4 is 10.6 Å². The average Bonchev–Trinajstić information content (AvgIpc) is 2.68. The van der Waals surface area contributed by atoms with E-state index < -0.39 is 11.7 Å². The quantitative estimate of drug-likeness (QED) is 0.559. The first-order valence-corrected chi connectivity index (χ1v) is 8.03. The largest absolute Gasteiger partial charge is 0.326 e. The molecule has 1 amide bonds. The summed E-state index contributed by atoms with van der Waals surface area (Å²) >= 11 is 0. The Bertz CT molecular complexity index is 898. The zero-order valence-corrected chi connectivity index (χ0v) is 13.9. The van der Waals surface area contributed by atoms with E-state index in [1.54, 1.807) is 18.5 Å². The van der Waals surface area contributed by atoms with Gasteiger partial charge in [-0.2, -0.15) is 0 Å². The van der Waals surface area contributed by atoms with Gasteiger partial charge in [-0.25, -0.2) is 9.38 Å². The van der Waals surface area contributed by atoms with Crippen LogP contribution in [0.15, 0.2) is 84.1 Å². The summed E-state index contributed by atoms with van der Waals surface area (Å²) in [6.45, 7) is 0.340. The van der Waals surface area contributed by atoms with Gasteiger partial charge in [0, 0.05) is 23.6 Å². The number of pyridine rings is 1. The number of guanidine groups is 1. The standard InChI is InChI=1S/C20H17FN4O/c21-17-8-4-7-16(12-17)19(26)25-20(24-18-9-2-1-3-10-18)23-14-15-6-5-11-22-13-15/h1-13H,14H2,(H2,23,24,25,26). The molecule has 0 unspecified atom stereocenters. The van der Waals surface area contributed by atoms with Gasteiger partial charge < -0.3 is 5.32 Å². The predicted molar refractivity (Wildman–Crippen MR) is 99.3 cm³/mol. The maximum atomic E-state index is 13.3. The van der Waals surface area contributed by atoms with Crippen molar-refractivity contribution in [3.8, 4) is 0 Å². The second kappa shape index (κ2) is 8.53. The van der Waals surface area contributed by atoms with Crippen molar-refractivity contribution in [2.24, 2.45) is 4.99 Å². The van der Waals surface area contributed by atoms with Crippen LogP contribution in [0.2, 0.25) is 0 Å². The lowest BCUT2D eigenvalue weighted by Crippen LogP contribution is -2.36. The second-order valence-corrected chi connectivity index (χ2v) is 5.48. The molecule has 1 aromatic heterocycles. The minimum Gasteiger partial charge on any atom is -0.326 e. The number of hydrogen-bond acceptors (Lipinski definition) is 3. The second-order valence-electron chi connectivity index (χ2n) is 5.48. The van der Waals surface area contributed by atoms with Gasteiger partial charge in [0.15, 0.2) is 0 Å². The number of aromatic nitrogens is 1. The van der Waals surface area contributed by atoms with Crippen LogP contribution in [-0.2, 0) is 6.54 Å². The summed E-state index contributed by atoms with van der Waals surface area (Å²) in [6, 6.07) is 18.6. The third-order valence-corrected chi connectivity index (χ3v) is 3.50.